The maximum atomic E-state index is 4.47. The molecule has 0 unspecified atom stereocenters. The molecule has 108 valence electrons. The van der Waals surface area contributed by atoms with Crippen molar-refractivity contribution in [1.82, 2.24) is 0 Å². The van der Waals surface area contributed by atoms with Gasteiger partial charge >= 0.3 is 0 Å². The molecule has 0 N–H and O–H groups in total. The fourth-order valence-corrected chi connectivity index (χ4v) is 1.89. The van der Waals surface area contributed by atoms with Crippen LogP contribution >= 0.6 is 12.6 Å². The molecule has 0 saturated heterocycles. The van der Waals surface area contributed by atoms with Crippen LogP contribution in [-0.4, -0.2) is 0 Å². The Bertz CT molecular complexity index is 506. The summed E-state index contributed by atoms with van der Waals surface area (Å²) in [6.07, 6.45) is 16.3. The highest BCUT2D eigenvalue weighted by molar-refractivity contribution is 7.84. The van der Waals surface area contributed by atoms with Crippen molar-refractivity contribution in [3.05, 3.63) is 82.4 Å². The van der Waals surface area contributed by atoms with E-state index in [-0.39, 0.29) is 0 Å². The van der Waals surface area contributed by atoms with Gasteiger partial charge in [-0.3, -0.25) is 0 Å². The van der Waals surface area contributed by atoms with E-state index in [9.17, 15) is 0 Å². The van der Waals surface area contributed by atoms with Gasteiger partial charge in [0.1, 0.15) is 0 Å². The van der Waals surface area contributed by atoms with Gasteiger partial charge in [0, 0.05) is 4.91 Å². The number of hydrogen-bond donors (Lipinski definition) is 1. The zero-order chi connectivity index (χ0) is 15.5. The molecule has 0 heterocycles. The van der Waals surface area contributed by atoms with Gasteiger partial charge in [0.05, 0.1) is 0 Å². The zero-order valence-electron chi connectivity index (χ0n) is 13.3. The molecule has 0 rings (SSSR count). The molecular formula is C19H26S. The SMILES string of the molecule is C=C(/C=C\C)C(/C=C\C)=C(C)/C=C\C(S)=C/C(C)=C/C. The molecule has 0 aromatic carbocycles. The van der Waals surface area contributed by atoms with Crippen molar-refractivity contribution < 1.29 is 0 Å². The quantitative estimate of drug-likeness (QED) is 0.427. The monoisotopic (exact) mass is 286 g/mol. The van der Waals surface area contributed by atoms with Crippen LogP contribution in [0.4, 0.5) is 0 Å². The summed E-state index contributed by atoms with van der Waals surface area (Å²) in [4.78, 5) is 0.941. The van der Waals surface area contributed by atoms with Gasteiger partial charge in [-0.05, 0) is 63.5 Å². The Morgan fingerprint density at radius 2 is 1.50 bits per heavy atom. The van der Waals surface area contributed by atoms with Gasteiger partial charge in [0.2, 0.25) is 0 Å². The minimum Gasteiger partial charge on any atom is -0.143 e. The van der Waals surface area contributed by atoms with E-state index in [1.807, 2.05) is 51.2 Å². The van der Waals surface area contributed by atoms with Crippen LogP contribution in [0.25, 0.3) is 0 Å². The molecule has 0 nitrogen and oxygen atoms in total. The predicted molar refractivity (Wildman–Crippen MR) is 97.1 cm³/mol. The van der Waals surface area contributed by atoms with E-state index in [0.29, 0.717) is 0 Å². The molecule has 0 amide bonds. The van der Waals surface area contributed by atoms with Crippen LogP contribution in [0.2, 0.25) is 0 Å². The Hall–Kier alpha value is -1.47. The molecule has 0 radical (unpaired) electrons. The van der Waals surface area contributed by atoms with Crippen LogP contribution in [0, 0.1) is 0 Å². The second-order valence-electron chi connectivity index (χ2n) is 4.56. The summed E-state index contributed by atoms with van der Waals surface area (Å²) in [6.45, 7) is 14.3. The summed E-state index contributed by atoms with van der Waals surface area (Å²) >= 11 is 4.47. The molecule has 0 atom stereocenters. The first kappa shape index (κ1) is 18.5. The van der Waals surface area contributed by atoms with Gasteiger partial charge in [-0.1, -0.05) is 48.6 Å². The van der Waals surface area contributed by atoms with Crippen LogP contribution in [0.1, 0.15) is 34.6 Å². The highest BCUT2D eigenvalue weighted by Crippen LogP contribution is 2.19. The average Bonchev–Trinajstić information content (AvgIpc) is 2.42. The van der Waals surface area contributed by atoms with Gasteiger partial charge in [0.25, 0.3) is 0 Å². The largest absolute Gasteiger partial charge is 0.143 e. The Morgan fingerprint density at radius 3 is 2.00 bits per heavy atom. The first-order valence-electron chi connectivity index (χ1n) is 6.83. The molecule has 0 fully saturated rings. The number of thiol groups is 1. The third-order valence-corrected chi connectivity index (χ3v) is 3.09. The predicted octanol–water partition coefficient (Wildman–Crippen LogP) is 6.35. The second-order valence-corrected chi connectivity index (χ2v) is 5.07. The lowest BCUT2D eigenvalue weighted by molar-refractivity contribution is 1.39. The van der Waals surface area contributed by atoms with E-state index in [4.69, 9.17) is 0 Å². The van der Waals surface area contributed by atoms with Gasteiger partial charge in [0.15, 0.2) is 0 Å². The minimum atomic E-state index is 0.941. The second kappa shape index (κ2) is 10.3. The molecule has 0 aromatic heterocycles. The van der Waals surface area contributed by atoms with Crippen molar-refractivity contribution in [2.45, 2.75) is 34.6 Å². The van der Waals surface area contributed by atoms with Crippen LogP contribution in [0.5, 0.6) is 0 Å². The highest BCUT2D eigenvalue weighted by Gasteiger charge is 1.99. The van der Waals surface area contributed by atoms with E-state index in [1.165, 1.54) is 11.1 Å². The van der Waals surface area contributed by atoms with Crippen molar-refractivity contribution in [2.24, 2.45) is 0 Å². The van der Waals surface area contributed by atoms with Crippen molar-refractivity contribution in [1.29, 1.82) is 0 Å². The molecule has 0 saturated carbocycles. The summed E-state index contributed by atoms with van der Waals surface area (Å²) in [5.41, 5.74) is 4.53. The van der Waals surface area contributed by atoms with Gasteiger partial charge < -0.3 is 0 Å². The third-order valence-electron chi connectivity index (χ3n) is 2.81. The Morgan fingerprint density at radius 1 is 0.900 bits per heavy atom. The Kier molecular flexibility index (Phi) is 9.57. The smallest absolute Gasteiger partial charge is 0.00425 e. The van der Waals surface area contributed by atoms with Crippen molar-refractivity contribution >= 4 is 12.6 Å². The first-order valence-corrected chi connectivity index (χ1v) is 7.28. The standard InChI is InChI=1S/C19H26S/c1-7-10-16(5)19(11-8-2)17(6)12-13-18(20)14-15(4)9-3/h7-14,20H,5H2,1-4,6H3/b10-7-,11-8-,13-12-,15-9+,18-14+,19-17+. The molecule has 0 aliphatic rings. The fraction of sp³-hybridized carbons (Fsp3) is 0.263. The van der Waals surface area contributed by atoms with Crippen molar-refractivity contribution in [2.75, 3.05) is 0 Å². The van der Waals surface area contributed by atoms with Crippen molar-refractivity contribution in [3.63, 3.8) is 0 Å². The molecule has 1 heteroatoms. The van der Waals surface area contributed by atoms with Crippen LogP contribution in [0.3, 0.4) is 0 Å². The van der Waals surface area contributed by atoms with E-state index in [0.717, 1.165) is 16.1 Å². The van der Waals surface area contributed by atoms with E-state index >= 15 is 0 Å². The van der Waals surface area contributed by atoms with Gasteiger partial charge in [-0.2, -0.15) is 0 Å². The van der Waals surface area contributed by atoms with Crippen LogP contribution in [-0.2, 0) is 0 Å². The molecule has 0 aliphatic carbocycles. The summed E-state index contributed by atoms with van der Waals surface area (Å²) in [5, 5.41) is 0. The molecule has 0 bridgehead atoms. The molecule has 0 aromatic rings. The summed E-state index contributed by atoms with van der Waals surface area (Å²) < 4.78 is 0. The Balaban J connectivity index is 5.35. The maximum absolute atomic E-state index is 4.47. The lowest BCUT2D eigenvalue weighted by atomic mass is 10.0. The maximum Gasteiger partial charge on any atom is 0.00425 e. The Labute approximate surface area is 130 Å². The summed E-state index contributed by atoms with van der Waals surface area (Å²) in [5.74, 6) is 0. The number of hydrogen-bond acceptors (Lipinski definition) is 1. The van der Waals surface area contributed by atoms with Crippen molar-refractivity contribution in [3.8, 4) is 0 Å². The van der Waals surface area contributed by atoms with Crippen LogP contribution in [0.15, 0.2) is 82.4 Å². The summed E-state index contributed by atoms with van der Waals surface area (Å²) in [6, 6.07) is 0. The van der Waals surface area contributed by atoms with E-state index in [2.05, 4.69) is 51.3 Å². The van der Waals surface area contributed by atoms with E-state index < -0.39 is 0 Å². The topological polar surface area (TPSA) is 0 Å². The lowest BCUT2D eigenvalue weighted by Crippen LogP contribution is -1.86. The average molecular weight is 286 g/mol. The molecule has 20 heavy (non-hydrogen) atoms. The molecule has 0 aliphatic heterocycles. The third kappa shape index (κ3) is 7.20. The molecule has 0 spiro atoms. The van der Waals surface area contributed by atoms with Crippen LogP contribution < -0.4 is 0 Å². The highest BCUT2D eigenvalue weighted by atomic mass is 32.1. The minimum absolute atomic E-state index is 0.941. The molecular weight excluding hydrogens is 260 g/mol. The van der Waals surface area contributed by atoms with Gasteiger partial charge in [-0.25, -0.2) is 0 Å². The fourth-order valence-electron chi connectivity index (χ4n) is 1.61. The zero-order valence-corrected chi connectivity index (χ0v) is 14.2. The number of allylic oxidation sites excluding steroid dienone is 12. The normalized spacial score (nSPS) is 15.5. The van der Waals surface area contributed by atoms with E-state index in [1.54, 1.807) is 0 Å². The summed E-state index contributed by atoms with van der Waals surface area (Å²) in [7, 11) is 0. The lowest BCUT2D eigenvalue weighted by Gasteiger charge is -2.05. The van der Waals surface area contributed by atoms with Gasteiger partial charge in [-0.15, -0.1) is 12.6 Å². The number of rotatable bonds is 6. The first-order chi connectivity index (χ1) is 9.46.